The summed E-state index contributed by atoms with van der Waals surface area (Å²) in [7, 11) is 0. The highest BCUT2D eigenvalue weighted by atomic mass is 32.2. The lowest BCUT2D eigenvalue weighted by Crippen LogP contribution is -1.93. The van der Waals surface area contributed by atoms with E-state index in [1.165, 1.54) is 11.8 Å². The average molecular weight is 268 g/mol. The van der Waals surface area contributed by atoms with Crippen molar-refractivity contribution in [2.24, 2.45) is 0 Å². The van der Waals surface area contributed by atoms with Gasteiger partial charge in [0.2, 0.25) is 0 Å². The Morgan fingerprint density at radius 1 is 1.21 bits per heavy atom. The molecule has 0 aliphatic heterocycles. The Balaban J connectivity index is 1.96. The second-order valence-electron chi connectivity index (χ2n) is 3.84. The van der Waals surface area contributed by atoms with E-state index in [9.17, 15) is 0 Å². The van der Waals surface area contributed by atoms with Crippen LogP contribution in [-0.2, 0) is 0 Å². The number of para-hydroxylation sites is 2. The van der Waals surface area contributed by atoms with Crippen LogP contribution in [0.25, 0.3) is 11.1 Å². The average Bonchev–Trinajstić information content (AvgIpc) is 2.80. The van der Waals surface area contributed by atoms with E-state index in [0.29, 0.717) is 16.1 Å². The summed E-state index contributed by atoms with van der Waals surface area (Å²) in [6.45, 7) is 1.82. The molecule has 3 rings (SSSR count). The highest BCUT2D eigenvalue weighted by Gasteiger charge is 2.10. The predicted octanol–water partition coefficient (Wildman–Crippen LogP) is 2.95. The number of rotatable bonds is 2. The van der Waals surface area contributed by atoms with E-state index in [2.05, 4.69) is 15.0 Å². The molecule has 0 amide bonds. The molecule has 0 N–H and O–H groups in total. The first-order chi connectivity index (χ1) is 9.24. The number of aryl methyl sites for hydroxylation is 1. The van der Waals surface area contributed by atoms with Gasteiger partial charge in [0.05, 0.1) is 0 Å². The van der Waals surface area contributed by atoms with E-state index in [1.807, 2.05) is 37.3 Å². The van der Waals surface area contributed by atoms with Crippen LogP contribution in [0.5, 0.6) is 0 Å². The minimum Gasteiger partial charge on any atom is -0.431 e. The van der Waals surface area contributed by atoms with Crippen molar-refractivity contribution in [2.45, 2.75) is 17.3 Å². The zero-order chi connectivity index (χ0) is 13.2. The molecular formula is C13H8N4OS. The third-order valence-corrected chi connectivity index (χ3v) is 3.12. The molecule has 0 spiro atoms. The fourth-order valence-electron chi connectivity index (χ4n) is 1.62. The summed E-state index contributed by atoms with van der Waals surface area (Å²) in [6.07, 6.45) is 0. The lowest BCUT2D eigenvalue weighted by atomic mass is 10.3. The van der Waals surface area contributed by atoms with Gasteiger partial charge in [0, 0.05) is 17.5 Å². The Labute approximate surface area is 113 Å². The molecule has 3 aromatic rings. The maximum Gasteiger partial charge on any atom is 0.264 e. The van der Waals surface area contributed by atoms with Gasteiger partial charge in [-0.05, 0) is 25.1 Å². The first-order valence-corrected chi connectivity index (χ1v) is 6.35. The SMILES string of the molecule is Cc1cc(C#N)nc(Sc2nc3ccccc3o2)n1. The van der Waals surface area contributed by atoms with Crippen molar-refractivity contribution >= 4 is 22.9 Å². The van der Waals surface area contributed by atoms with E-state index >= 15 is 0 Å². The summed E-state index contributed by atoms with van der Waals surface area (Å²) >= 11 is 1.21. The van der Waals surface area contributed by atoms with Crippen molar-refractivity contribution in [2.75, 3.05) is 0 Å². The fraction of sp³-hybridized carbons (Fsp3) is 0.0769. The fourth-order valence-corrected chi connectivity index (χ4v) is 2.38. The van der Waals surface area contributed by atoms with E-state index in [1.54, 1.807) is 6.07 Å². The molecule has 0 radical (unpaired) electrons. The van der Waals surface area contributed by atoms with Crippen LogP contribution in [-0.4, -0.2) is 15.0 Å². The summed E-state index contributed by atoms with van der Waals surface area (Å²) < 4.78 is 5.57. The van der Waals surface area contributed by atoms with Gasteiger partial charge in [-0.1, -0.05) is 12.1 Å². The number of hydrogen-bond acceptors (Lipinski definition) is 6. The monoisotopic (exact) mass is 268 g/mol. The van der Waals surface area contributed by atoms with Crippen LogP contribution in [0.4, 0.5) is 0 Å². The number of nitriles is 1. The second-order valence-corrected chi connectivity index (χ2v) is 4.76. The Morgan fingerprint density at radius 2 is 2.05 bits per heavy atom. The molecule has 2 aromatic heterocycles. The van der Waals surface area contributed by atoms with Gasteiger partial charge in [0.15, 0.2) is 10.7 Å². The standard InChI is InChI=1S/C13H8N4OS/c1-8-6-9(7-14)16-12(15-8)19-13-17-10-4-2-3-5-11(10)18-13/h2-6H,1H3. The smallest absolute Gasteiger partial charge is 0.264 e. The molecule has 19 heavy (non-hydrogen) atoms. The lowest BCUT2D eigenvalue weighted by molar-refractivity contribution is 0.488. The van der Waals surface area contributed by atoms with E-state index in [-0.39, 0.29) is 0 Å². The van der Waals surface area contributed by atoms with Gasteiger partial charge in [-0.25, -0.2) is 15.0 Å². The van der Waals surface area contributed by atoms with Gasteiger partial charge in [-0.15, -0.1) is 0 Å². The molecule has 92 valence electrons. The van der Waals surface area contributed by atoms with E-state index < -0.39 is 0 Å². The van der Waals surface area contributed by atoms with Gasteiger partial charge >= 0.3 is 0 Å². The van der Waals surface area contributed by atoms with Crippen LogP contribution >= 0.6 is 11.8 Å². The van der Waals surface area contributed by atoms with Crippen molar-refractivity contribution in [1.82, 2.24) is 15.0 Å². The van der Waals surface area contributed by atoms with Crippen LogP contribution < -0.4 is 0 Å². The summed E-state index contributed by atoms with van der Waals surface area (Å²) in [5.41, 5.74) is 2.59. The quantitative estimate of drug-likeness (QED) is 0.665. The topological polar surface area (TPSA) is 75.6 Å². The molecule has 5 nitrogen and oxygen atoms in total. The highest BCUT2D eigenvalue weighted by molar-refractivity contribution is 7.98. The molecule has 0 saturated carbocycles. The Morgan fingerprint density at radius 3 is 2.84 bits per heavy atom. The molecule has 0 saturated heterocycles. The highest BCUT2D eigenvalue weighted by Crippen LogP contribution is 2.27. The van der Waals surface area contributed by atoms with Crippen molar-refractivity contribution in [3.05, 3.63) is 41.7 Å². The Bertz CT molecular complexity index is 758. The van der Waals surface area contributed by atoms with Gasteiger partial charge in [-0.3, -0.25) is 0 Å². The molecule has 0 aliphatic rings. The Kier molecular flexibility index (Phi) is 2.89. The zero-order valence-corrected chi connectivity index (χ0v) is 10.8. The molecule has 2 heterocycles. The summed E-state index contributed by atoms with van der Waals surface area (Å²) in [5, 5.41) is 9.81. The molecule has 0 bridgehead atoms. The number of fused-ring (bicyclic) bond motifs is 1. The van der Waals surface area contributed by atoms with Crippen molar-refractivity contribution in [1.29, 1.82) is 5.26 Å². The number of nitrogens with zero attached hydrogens (tertiary/aromatic N) is 4. The van der Waals surface area contributed by atoms with E-state index in [0.717, 1.165) is 16.8 Å². The van der Waals surface area contributed by atoms with Gasteiger partial charge < -0.3 is 4.42 Å². The second kappa shape index (κ2) is 4.71. The molecule has 0 atom stereocenters. The number of hydrogen-bond donors (Lipinski definition) is 0. The van der Waals surface area contributed by atoms with Crippen LogP contribution in [0, 0.1) is 18.3 Å². The Hall–Kier alpha value is -2.39. The maximum atomic E-state index is 8.88. The summed E-state index contributed by atoms with van der Waals surface area (Å²) in [5.74, 6) is 0. The number of benzene rings is 1. The summed E-state index contributed by atoms with van der Waals surface area (Å²) in [6, 6.07) is 11.2. The molecule has 1 aromatic carbocycles. The van der Waals surface area contributed by atoms with E-state index in [4.69, 9.17) is 9.68 Å². The third kappa shape index (κ3) is 2.41. The van der Waals surface area contributed by atoms with Crippen LogP contribution in [0.1, 0.15) is 11.4 Å². The largest absolute Gasteiger partial charge is 0.431 e. The number of oxazole rings is 1. The molecule has 6 heteroatoms. The molecule has 0 fully saturated rings. The van der Waals surface area contributed by atoms with Gasteiger partial charge in [0.1, 0.15) is 17.3 Å². The van der Waals surface area contributed by atoms with Gasteiger partial charge in [-0.2, -0.15) is 5.26 Å². The predicted molar refractivity (Wildman–Crippen MR) is 69.6 cm³/mol. The van der Waals surface area contributed by atoms with Crippen LogP contribution in [0.3, 0.4) is 0 Å². The van der Waals surface area contributed by atoms with Gasteiger partial charge in [0.25, 0.3) is 5.22 Å². The van der Waals surface area contributed by atoms with Crippen LogP contribution in [0.15, 0.2) is 45.1 Å². The zero-order valence-electron chi connectivity index (χ0n) is 9.99. The normalized spacial score (nSPS) is 10.5. The van der Waals surface area contributed by atoms with Crippen molar-refractivity contribution in [3.8, 4) is 6.07 Å². The molecule has 0 aliphatic carbocycles. The minimum atomic E-state index is 0.339. The van der Waals surface area contributed by atoms with Crippen LogP contribution in [0.2, 0.25) is 0 Å². The first kappa shape index (κ1) is 11.7. The maximum absolute atomic E-state index is 8.88. The summed E-state index contributed by atoms with van der Waals surface area (Å²) in [4.78, 5) is 12.7. The minimum absolute atomic E-state index is 0.339. The first-order valence-electron chi connectivity index (χ1n) is 5.54. The number of aromatic nitrogens is 3. The van der Waals surface area contributed by atoms with Crippen molar-refractivity contribution < 1.29 is 4.42 Å². The molecular weight excluding hydrogens is 260 g/mol. The van der Waals surface area contributed by atoms with Crippen molar-refractivity contribution in [3.63, 3.8) is 0 Å². The molecule has 0 unspecified atom stereocenters. The lowest BCUT2D eigenvalue weighted by Gasteiger charge is -1.97. The third-order valence-electron chi connectivity index (χ3n) is 2.40.